The zero-order chi connectivity index (χ0) is 20.5. The number of rotatable bonds is 5. The summed E-state index contributed by atoms with van der Waals surface area (Å²) >= 11 is 6.29. The van der Waals surface area contributed by atoms with Gasteiger partial charge in [-0.15, -0.1) is 0 Å². The molecule has 0 saturated carbocycles. The summed E-state index contributed by atoms with van der Waals surface area (Å²) in [5, 5.41) is 13.2. The third-order valence-electron chi connectivity index (χ3n) is 5.23. The van der Waals surface area contributed by atoms with E-state index in [0.29, 0.717) is 16.3 Å². The number of hydrogen-bond acceptors (Lipinski definition) is 5. The van der Waals surface area contributed by atoms with Crippen molar-refractivity contribution in [1.82, 2.24) is 14.7 Å². The Balaban J connectivity index is 1.65. The highest BCUT2D eigenvalue weighted by Crippen LogP contribution is 2.34. The number of ether oxygens (including phenoxy) is 1. The first-order valence-electron chi connectivity index (χ1n) is 9.47. The van der Waals surface area contributed by atoms with Crippen LogP contribution in [0.1, 0.15) is 18.9 Å². The molecule has 3 heterocycles. The van der Waals surface area contributed by atoms with Crippen molar-refractivity contribution in [2.24, 2.45) is 0 Å². The molecule has 1 amide bonds. The van der Waals surface area contributed by atoms with E-state index in [9.17, 15) is 9.90 Å². The molecule has 1 aliphatic heterocycles. The molecular formula is C21H23ClN4O3. The van der Waals surface area contributed by atoms with E-state index in [4.69, 9.17) is 21.3 Å². The average Bonchev–Trinajstić information content (AvgIpc) is 3.33. The van der Waals surface area contributed by atoms with Crippen LogP contribution in [0.5, 0.6) is 5.75 Å². The van der Waals surface area contributed by atoms with E-state index >= 15 is 0 Å². The van der Waals surface area contributed by atoms with Crippen molar-refractivity contribution in [3.05, 3.63) is 47.2 Å². The summed E-state index contributed by atoms with van der Waals surface area (Å²) in [5.74, 6) is 0.524. The number of nitrogens with one attached hydrogen (secondary N) is 1. The fourth-order valence-corrected chi connectivity index (χ4v) is 4.06. The lowest BCUT2D eigenvalue weighted by Crippen LogP contribution is -2.35. The normalized spacial score (nSPS) is 16.4. The average molecular weight is 415 g/mol. The van der Waals surface area contributed by atoms with E-state index in [1.165, 1.54) is 0 Å². The summed E-state index contributed by atoms with van der Waals surface area (Å²) in [6.07, 6.45) is 4.81. The van der Waals surface area contributed by atoms with Gasteiger partial charge in [-0.3, -0.25) is 4.79 Å². The van der Waals surface area contributed by atoms with Crippen LogP contribution in [0.2, 0.25) is 5.02 Å². The highest BCUT2D eigenvalue weighted by Gasteiger charge is 2.23. The van der Waals surface area contributed by atoms with Crippen LogP contribution < -0.4 is 15.0 Å². The van der Waals surface area contributed by atoms with Gasteiger partial charge in [-0.1, -0.05) is 11.6 Å². The van der Waals surface area contributed by atoms with E-state index in [0.717, 1.165) is 42.1 Å². The molecule has 2 aromatic heterocycles. The molecule has 3 aromatic rings. The van der Waals surface area contributed by atoms with Gasteiger partial charge in [0.15, 0.2) is 0 Å². The SMILES string of the molecule is COc1cc(CO)c(-c2cn3ccc(N4CCC(NC(C)=O)C4)cc3n2)cc1Cl. The van der Waals surface area contributed by atoms with Crippen LogP contribution in [0.3, 0.4) is 0 Å². The van der Waals surface area contributed by atoms with Crippen LogP contribution in [-0.4, -0.2) is 46.6 Å². The van der Waals surface area contributed by atoms with Crippen molar-refractivity contribution in [3.8, 4) is 17.0 Å². The Hall–Kier alpha value is -2.77. The van der Waals surface area contributed by atoms with Gasteiger partial charge in [0.2, 0.25) is 5.91 Å². The molecule has 1 aliphatic rings. The Morgan fingerprint density at radius 1 is 1.41 bits per heavy atom. The van der Waals surface area contributed by atoms with Gasteiger partial charge in [-0.25, -0.2) is 4.98 Å². The minimum atomic E-state index is -0.139. The molecule has 0 aliphatic carbocycles. The number of aliphatic hydroxyl groups excluding tert-OH is 1. The Morgan fingerprint density at radius 2 is 2.24 bits per heavy atom. The predicted molar refractivity (Wildman–Crippen MR) is 113 cm³/mol. The molecule has 1 aromatic carbocycles. The molecule has 7 nitrogen and oxygen atoms in total. The molecule has 4 rings (SSSR count). The Morgan fingerprint density at radius 3 is 2.97 bits per heavy atom. The molecular weight excluding hydrogens is 392 g/mol. The number of nitrogens with zero attached hydrogens (tertiary/aromatic N) is 3. The summed E-state index contributed by atoms with van der Waals surface area (Å²) < 4.78 is 7.19. The molecule has 1 saturated heterocycles. The zero-order valence-electron chi connectivity index (χ0n) is 16.4. The van der Waals surface area contributed by atoms with Crippen molar-refractivity contribution in [2.45, 2.75) is 26.0 Å². The van der Waals surface area contributed by atoms with E-state index in [1.54, 1.807) is 26.2 Å². The number of methoxy groups -OCH3 is 1. The number of fused-ring (bicyclic) bond motifs is 1. The number of aromatic nitrogens is 2. The van der Waals surface area contributed by atoms with Crippen LogP contribution in [0.4, 0.5) is 5.69 Å². The van der Waals surface area contributed by atoms with E-state index in [1.807, 2.05) is 28.9 Å². The number of benzene rings is 1. The van der Waals surface area contributed by atoms with Gasteiger partial charge >= 0.3 is 0 Å². The maximum atomic E-state index is 11.3. The van der Waals surface area contributed by atoms with Crippen molar-refractivity contribution >= 4 is 28.8 Å². The minimum absolute atomic E-state index is 0.00282. The van der Waals surface area contributed by atoms with Crippen molar-refractivity contribution in [3.63, 3.8) is 0 Å². The number of imidazole rings is 1. The number of anilines is 1. The van der Waals surface area contributed by atoms with Crippen LogP contribution in [-0.2, 0) is 11.4 Å². The molecule has 2 N–H and O–H groups in total. The van der Waals surface area contributed by atoms with E-state index in [-0.39, 0.29) is 18.6 Å². The predicted octanol–water partition coefficient (Wildman–Crippen LogP) is 2.87. The summed E-state index contributed by atoms with van der Waals surface area (Å²) in [6, 6.07) is 7.76. The maximum absolute atomic E-state index is 11.3. The van der Waals surface area contributed by atoms with E-state index < -0.39 is 0 Å². The van der Waals surface area contributed by atoms with Crippen molar-refractivity contribution < 1.29 is 14.6 Å². The highest BCUT2D eigenvalue weighted by atomic mass is 35.5. The number of pyridine rings is 1. The zero-order valence-corrected chi connectivity index (χ0v) is 17.1. The number of aliphatic hydroxyl groups is 1. The maximum Gasteiger partial charge on any atom is 0.217 e. The third kappa shape index (κ3) is 3.88. The minimum Gasteiger partial charge on any atom is -0.495 e. The van der Waals surface area contributed by atoms with E-state index in [2.05, 4.69) is 10.2 Å². The summed E-state index contributed by atoms with van der Waals surface area (Å²) in [6.45, 7) is 3.08. The molecule has 0 bridgehead atoms. The second kappa shape index (κ2) is 7.93. The molecule has 0 spiro atoms. The Kier molecular flexibility index (Phi) is 5.34. The number of carbonyl (C=O) groups is 1. The first kappa shape index (κ1) is 19.5. The molecule has 1 atom stereocenters. The van der Waals surface area contributed by atoms with Gasteiger partial charge in [-0.05, 0) is 30.2 Å². The summed E-state index contributed by atoms with van der Waals surface area (Å²) in [7, 11) is 1.54. The molecule has 0 radical (unpaired) electrons. The monoisotopic (exact) mass is 414 g/mol. The smallest absolute Gasteiger partial charge is 0.217 e. The lowest BCUT2D eigenvalue weighted by Gasteiger charge is -2.18. The van der Waals surface area contributed by atoms with Crippen molar-refractivity contribution in [2.75, 3.05) is 25.1 Å². The first-order chi connectivity index (χ1) is 14.0. The number of halogens is 1. The highest BCUT2D eigenvalue weighted by molar-refractivity contribution is 6.32. The van der Waals surface area contributed by atoms with Gasteiger partial charge < -0.3 is 24.5 Å². The topological polar surface area (TPSA) is 79.1 Å². The van der Waals surface area contributed by atoms with Crippen LogP contribution >= 0.6 is 11.6 Å². The fourth-order valence-electron chi connectivity index (χ4n) is 3.82. The van der Waals surface area contributed by atoms with Gasteiger partial charge in [0.25, 0.3) is 0 Å². The fraction of sp³-hybridized carbons (Fsp3) is 0.333. The lowest BCUT2D eigenvalue weighted by atomic mass is 10.1. The summed E-state index contributed by atoms with van der Waals surface area (Å²) in [5.41, 5.74) is 4.07. The molecule has 1 fully saturated rings. The van der Waals surface area contributed by atoms with Gasteiger partial charge in [0.05, 0.1) is 24.4 Å². The number of hydrogen-bond donors (Lipinski definition) is 2. The molecule has 152 valence electrons. The standard InChI is InChI=1S/C21H23ClN4O3/c1-13(28)23-15-3-5-25(10-15)16-4-6-26-11-19(24-21(26)8-16)17-9-18(22)20(29-2)7-14(17)12-27/h4,6-9,11,15,27H,3,5,10,12H2,1-2H3,(H,23,28). The molecule has 8 heteroatoms. The summed E-state index contributed by atoms with van der Waals surface area (Å²) in [4.78, 5) is 18.3. The second-order valence-corrected chi connectivity index (χ2v) is 7.62. The number of amides is 1. The van der Waals surface area contributed by atoms with Crippen molar-refractivity contribution in [1.29, 1.82) is 0 Å². The largest absolute Gasteiger partial charge is 0.495 e. The third-order valence-corrected chi connectivity index (χ3v) is 5.52. The quantitative estimate of drug-likeness (QED) is 0.671. The lowest BCUT2D eigenvalue weighted by molar-refractivity contribution is -0.119. The van der Waals surface area contributed by atoms with Gasteiger partial charge in [0.1, 0.15) is 11.4 Å². The Bertz CT molecular complexity index is 1070. The number of carbonyl (C=O) groups excluding carboxylic acids is 1. The Labute approximate surface area is 173 Å². The van der Waals surface area contributed by atoms with Crippen LogP contribution in [0.25, 0.3) is 16.9 Å². The molecule has 29 heavy (non-hydrogen) atoms. The van der Waals surface area contributed by atoms with Crippen LogP contribution in [0.15, 0.2) is 36.7 Å². The molecule has 1 unspecified atom stereocenters. The van der Waals surface area contributed by atoms with Crippen LogP contribution in [0, 0.1) is 0 Å². The van der Waals surface area contributed by atoms with Gasteiger partial charge in [0, 0.05) is 55.8 Å². The first-order valence-corrected chi connectivity index (χ1v) is 9.84. The second-order valence-electron chi connectivity index (χ2n) is 7.21. The van der Waals surface area contributed by atoms with Gasteiger partial charge in [-0.2, -0.15) is 0 Å².